The van der Waals surface area contributed by atoms with E-state index >= 15 is 0 Å². The molecule has 0 spiro atoms. The number of halogens is 1. The van der Waals surface area contributed by atoms with E-state index in [4.69, 9.17) is 5.26 Å². The summed E-state index contributed by atoms with van der Waals surface area (Å²) >= 11 is 3.42. The molecule has 5 heteroatoms. The second-order valence-corrected chi connectivity index (χ2v) is 4.34. The summed E-state index contributed by atoms with van der Waals surface area (Å²) in [6, 6.07) is 9.40. The highest BCUT2D eigenvalue weighted by Gasteiger charge is 2.03. The van der Waals surface area contributed by atoms with Crippen molar-refractivity contribution in [2.75, 3.05) is 5.32 Å². The smallest absolute Gasteiger partial charge is 0.152 e. The summed E-state index contributed by atoms with van der Waals surface area (Å²) in [6.45, 7) is 2.88. The highest BCUT2D eigenvalue weighted by Crippen LogP contribution is 2.26. The topological polar surface area (TPSA) is 53.6 Å². The van der Waals surface area contributed by atoms with Crippen LogP contribution in [0.3, 0.4) is 0 Å². The second-order valence-electron chi connectivity index (χ2n) is 3.49. The van der Waals surface area contributed by atoms with Gasteiger partial charge in [-0.2, -0.15) is 10.4 Å². The molecule has 2 rings (SSSR count). The highest BCUT2D eigenvalue weighted by molar-refractivity contribution is 9.10. The Morgan fingerprint density at radius 1 is 1.47 bits per heavy atom. The SMILES string of the molecule is CCn1ccc(Nc2ccc(C#N)cc2Br)n1. The number of hydrogen-bond acceptors (Lipinski definition) is 3. The molecule has 0 atom stereocenters. The third-order valence-electron chi connectivity index (χ3n) is 2.33. The third-order valence-corrected chi connectivity index (χ3v) is 2.98. The molecule has 1 N–H and O–H groups in total. The van der Waals surface area contributed by atoms with E-state index in [0.29, 0.717) is 5.56 Å². The van der Waals surface area contributed by atoms with Gasteiger partial charge in [0, 0.05) is 23.3 Å². The van der Waals surface area contributed by atoms with Crippen LogP contribution in [0, 0.1) is 11.3 Å². The molecule has 1 heterocycles. The molecule has 0 aliphatic rings. The number of anilines is 2. The molecule has 0 aliphatic carbocycles. The zero-order valence-electron chi connectivity index (χ0n) is 9.31. The van der Waals surface area contributed by atoms with Crippen molar-refractivity contribution in [3.63, 3.8) is 0 Å². The van der Waals surface area contributed by atoms with E-state index in [1.165, 1.54) is 0 Å². The van der Waals surface area contributed by atoms with Crippen LogP contribution in [0.5, 0.6) is 0 Å². The monoisotopic (exact) mass is 290 g/mol. The maximum atomic E-state index is 8.77. The average molecular weight is 291 g/mol. The fourth-order valence-electron chi connectivity index (χ4n) is 1.43. The quantitative estimate of drug-likeness (QED) is 0.944. The lowest BCUT2D eigenvalue weighted by molar-refractivity contribution is 0.662. The Morgan fingerprint density at radius 3 is 2.88 bits per heavy atom. The number of nitrogens with one attached hydrogen (secondary N) is 1. The van der Waals surface area contributed by atoms with Gasteiger partial charge in [0.2, 0.25) is 0 Å². The lowest BCUT2D eigenvalue weighted by Gasteiger charge is -2.05. The highest BCUT2D eigenvalue weighted by atomic mass is 79.9. The Hall–Kier alpha value is -1.80. The van der Waals surface area contributed by atoms with E-state index in [0.717, 1.165) is 22.5 Å². The van der Waals surface area contributed by atoms with E-state index in [9.17, 15) is 0 Å². The fourth-order valence-corrected chi connectivity index (χ4v) is 1.91. The van der Waals surface area contributed by atoms with Crippen LogP contribution in [0.4, 0.5) is 11.5 Å². The Bertz CT molecular complexity index is 568. The van der Waals surface area contributed by atoms with Crippen molar-refractivity contribution in [2.45, 2.75) is 13.5 Å². The normalized spacial score (nSPS) is 9.94. The molecular formula is C12H11BrN4. The number of benzene rings is 1. The van der Waals surface area contributed by atoms with Crippen molar-refractivity contribution in [1.82, 2.24) is 9.78 Å². The van der Waals surface area contributed by atoms with E-state index in [1.807, 2.05) is 29.9 Å². The van der Waals surface area contributed by atoms with Crippen LogP contribution in [0.1, 0.15) is 12.5 Å². The van der Waals surface area contributed by atoms with Crippen LogP contribution in [-0.4, -0.2) is 9.78 Å². The maximum Gasteiger partial charge on any atom is 0.152 e. The third kappa shape index (κ3) is 2.66. The van der Waals surface area contributed by atoms with Gasteiger partial charge in [-0.05, 0) is 41.1 Å². The lowest BCUT2D eigenvalue weighted by Crippen LogP contribution is -1.97. The Morgan fingerprint density at radius 2 is 2.29 bits per heavy atom. The molecule has 0 saturated heterocycles. The minimum Gasteiger partial charge on any atom is -0.338 e. The molecule has 0 saturated carbocycles. The molecule has 4 nitrogen and oxygen atoms in total. The van der Waals surface area contributed by atoms with Crippen LogP contribution >= 0.6 is 15.9 Å². The van der Waals surface area contributed by atoms with Crippen molar-refractivity contribution in [3.8, 4) is 6.07 Å². The van der Waals surface area contributed by atoms with Gasteiger partial charge in [-0.1, -0.05) is 0 Å². The molecule has 0 unspecified atom stereocenters. The van der Waals surface area contributed by atoms with Crippen molar-refractivity contribution in [1.29, 1.82) is 5.26 Å². The Kier molecular flexibility index (Phi) is 3.45. The van der Waals surface area contributed by atoms with Gasteiger partial charge < -0.3 is 5.32 Å². The van der Waals surface area contributed by atoms with Gasteiger partial charge >= 0.3 is 0 Å². The summed E-state index contributed by atoms with van der Waals surface area (Å²) < 4.78 is 2.70. The lowest BCUT2D eigenvalue weighted by atomic mass is 10.2. The number of rotatable bonds is 3. The van der Waals surface area contributed by atoms with E-state index in [2.05, 4.69) is 32.4 Å². The summed E-state index contributed by atoms with van der Waals surface area (Å²) in [5.74, 6) is 0.789. The molecule has 0 radical (unpaired) electrons. The molecule has 0 aliphatic heterocycles. The summed E-state index contributed by atoms with van der Waals surface area (Å²) in [5, 5.41) is 16.3. The maximum absolute atomic E-state index is 8.77. The number of nitrogens with zero attached hydrogens (tertiary/aromatic N) is 3. The van der Waals surface area contributed by atoms with Crippen LogP contribution in [-0.2, 0) is 6.54 Å². The first-order valence-corrected chi connectivity index (χ1v) is 6.02. The molecule has 1 aromatic heterocycles. The predicted molar refractivity (Wildman–Crippen MR) is 70.0 cm³/mol. The largest absolute Gasteiger partial charge is 0.338 e. The Labute approximate surface area is 108 Å². The average Bonchev–Trinajstić information content (AvgIpc) is 2.79. The molecule has 1 aromatic carbocycles. The predicted octanol–water partition coefficient (Wildman–Crippen LogP) is 3.28. The van der Waals surface area contributed by atoms with Crippen molar-refractivity contribution < 1.29 is 0 Å². The minimum absolute atomic E-state index is 0.626. The van der Waals surface area contributed by atoms with Gasteiger partial charge in [-0.3, -0.25) is 4.68 Å². The van der Waals surface area contributed by atoms with Gasteiger partial charge in [-0.15, -0.1) is 0 Å². The summed E-state index contributed by atoms with van der Waals surface area (Å²) in [5.41, 5.74) is 1.52. The zero-order chi connectivity index (χ0) is 12.3. The first-order chi connectivity index (χ1) is 8.22. The summed E-state index contributed by atoms with van der Waals surface area (Å²) in [7, 11) is 0. The number of nitriles is 1. The second kappa shape index (κ2) is 5.02. The van der Waals surface area contributed by atoms with Gasteiger partial charge in [0.25, 0.3) is 0 Å². The van der Waals surface area contributed by atoms with Crippen LogP contribution in [0.2, 0.25) is 0 Å². The van der Waals surface area contributed by atoms with Crippen LogP contribution < -0.4 is 5.32 Å². The number of aromatic nitrogens is 2. The van der Waals surface area contributed by atoms with Crippen LogP contribution in [0.25, 0.3) is 0 Å². The fraction of sp³-hybridized carbons (Fsp3) is 0.167. The standard InChI is InChI=1S/C12H11BrN4/c1-2-17-6-5-12(16-17)15-11-4-3-9(8-14)7-10(11)13/h3-7H,2H2,1H3,(H,15,16). The van der Waals surface area contributed by atoms with Gasteiger partial charge in [0.15, 0.2) is 5.82 Å². The molecule has 17 heavy (non-hydrogen) atoms. The molecule has 86 valence electrons. The summed E-state index contributed by atoms with van der Waals surface area (Å²) in [4.78, 5) is 0. The number of aryl methyl sites for hydroxylation is 1. The van der Waals surface area contributed by atoms with Gasteiger partial charge in [0.05, 0.1) is 17.3 Å². The van der Waals surface area contributed by atoms with Crippen molar-refractivity contribution in [3.05, 3.63) is 40.5 Å². The minimum atomic E-state index is 0.626. The van der Waals surface area contributed by atoms with E-state index in [1.54, 1.807) is 12.1 Å². The zero-order valence-corrected chi connectivity index (χ0v) is 10.9. The Balaban J connectivity index is 2.21. The van der Waals surface area contributed by atoms with Crippen molar-refractivity contribution >= 4 is 27.4 Å². The van der Waals surface area contributed by atoms with E-state index in [-0.39, 0.29) is 0 Å². The summed E-state index contributed by atoms with van der Waals surface area (Å²) in [6.07, 6.45) is 1.92. The molecular weight excluding hydrogens is 280 g/mol. The van der Waals surface area contributed by atoms with Crippen LogP contribution in [0.15, 0.2) is 34.9 Å². The first kappa shape index (κ1) is 11.7. The van der Waals surface area contributed by atoms with E-state index < -0.39 is 0 Å². The molecule has 0 fully saturated rings. The van der Waals surface area contributed by atoms with Gasteiger partial charge in [-0.25, -0.2) is 0 Å². The molecule has 2 aromatic rings. The van der Waals surface area contributed by atoms with Crippen molar-refractivity contribution in [2.24, 2.45) is 0 Å². The number of hydrogen-bond donors (Lipinski definition) is 1. The van der Waals surface area contributed by atoms with Gasteiger partial charge in [0.1, 0.15) is 0 Å². The molecule has 0 bridgehead atoms. The first-order valence-electron chi connectivity index (χ1n) is 5.23. The molecule has 0 amide bonds.